The summed E-state index contributed by atoms with van der Waals surface area (Å²) in [4.78, 5) is 10.6. The molecule has 1 aromatic rings. The predicted octanol–water partition coefficient (Wildman–Crippen LogP) is 1.39. The summed E-state index contributed by atoms with van der Waals surface area (Å²) in [6.45, 7) is 0. The SMILES string of the molecule is NC(=O)c1cc(Br)cc(F)c1O. The molecule has 0 radical (unpaired) electrons. The zero-order valence-corrected chi connectivity index (χ0v) is 7.43. The highest BCUT2D eigenvalue weighted by molar-refractivity contribution is 9.10. The Morgan fingerprint density at radius 1 is 1.58 bits per heavy atom. The highest BCUT2D eigenvalue weighted by Crippen LogP contribution is 2.25. The number of phenols is 1. The first-order valence-electron chi connectivity index (χ1n) is 3.00. The molecule has 5 heteroatoms. The van der Waals surface area contributed by atoms with Crippen LogP contribution in [-0.2, 0) is 0 Å². The van der Waals surface area contributed by atoms with Crippen molar-refractivity contribution in [3.63, 3.8) is 0 Å². The second-order valence-corrected chi connectivity index (χ2v) is 3.06. The van der Waals surface area contributed by atoms with Gasteiger partial charge in [0.2, 0.25) is 0 Å². The summed E-state index contributed by atoms with van der Waals surface area (Å²) in [5.41, 5.74) is 4.63. The molecule has 12 heavy (non-hydrogen) atoms. The van der Waals surface area contributed by atoms with E-state index in [9.17, 15) is 9.18 Å². The van der Waals surface area contributed by atoms with E-state index in [1.165, 1.54) is 6.07 Å². The number of aromatic hydroxyl groups is 1. The van der Waals surface area contributed by atoms with E-state index >= 15 is 0 Å². The largest absolute Gasteiger partial charge is 0.504 e. The Morgan fingerprint density at radius 2 is 2.17 bits per heavy atom. The van der Waals surface area contributed by atoms with E-state index in [0.29, 0.717) is 4.47 Å². The van der Waals surface area contributed by atoms with Crippen LogP contribution in [0.3, 0.4) is 0 Å². The van der Waals surface area contributed by atoms with Crippen molar-refractivity contribution < 1.29 is 14.3 Å². The number of hydrogen-bond acceptors (Lipinski definition) is 2. The van der Waals surface area contributed by atoms with Gasteiger partial charge in [-0.15, -0.1) is 0 Å². The van der Waals surface area contributed by atoms with Gasteiger partial charge in [0.05, 0.1) is 5.56 Å². The third-order valence-corrected chi connectivity index (χ3v) is 1.75. The minimum atomic E-state index is -0.877. The quantitative estimate of drug-likeness (QED) is 0.771. The fourth-order valence-electron chi connectivity index (χ4n) is 0.754. The second kappa shape index (κ2) is 3.10. The van der Waals surface area contributed by atoms with Gasteiger partial charge in [-0.25, -0.2) is 4.39 Å². The van der Waals surface area contributed by atoms with Crippen molar-refractivity contribution in [2.24, 2.45) is 5.73 Å². The van der Waals surface area contributed by atoms with Gasteiger partial charge in [0.1, 0.15) is 0 Å². The Balaban J connectivity index is 3.37. The van der Waals surface area contributed by atoms with Crippen LogP contribution in [0.2, 0.25) is 0 Å². The van der Waals surface area contributed by atoms with E-state index in [4.69, 9.17) is 10.8 Å². The number of amides is 1. The molecule has 0 aliphatic rings. The number of rotatable bonds is 1. The predicted molar refractivity (Wildman–Crippen MR) is 44.3 cm³/mol. The molecule has 0 bridgehead atoms. The number of halogens is 2. The zero-order chi connectivity index (χ0) is 9.30. The molecule has 0 aliphatic carbocycles. The molecular formula is C7H5BrFNO2. The molecule has 0 spiro atoms. The molecule has 64 valence electrons. The Labute approximate surface area is 76.1 Å². The summed E-state index contributed by atoms with van der Waals surface area (Å²) in [5, 5.41) is 9.00. The topological polar surface area (TPSA) is 63.3 Å². The van der Waals surface area contributed by atoms with Crippen LogP contribution in [0.4, 0.5) is 4.39 Å². The summed E-state index contributed by atoms with van der Waals surface area (Å²) in [7, 11) is 0. The van der Waals surface area contributed by atoms with E-state index in [2.05, 4.69) is 15.9 Å². The first-order valence-corrected chi connectivity index (χ1v) is 3.79. The molecule has 0 saturated heterocycles. The maximum Gasteiger partial charge on any atom is 0.252 e. The van der Waals surface area contributed by atoms with Crippen molar-refractivity contribution in [1.82, 2.24) is 0 Å². The van der Waals surface area contributed by atoms with Gasteiger partial charge in [-0.1, -0.05) is 15.9 Å². The lowest BCUT2D eigenvalue weighted by molar-refractivity contribution is 0.0997. The molecule has 0 fully saturated rings. The average Bonchev–Trinajstić information content (AvgIpc) is 1.96. The summed E-state index contributed by atoms with van der Waals surface area (Å²) in [5.74, 6) is -2.46. The fraction of sp³-hybridized carbons (Fsp3) is 0. The van der Waals surface area contributed by atoms with Gasteiger partial charge in [-0.2, -0.15) is 0 Å². The minimum Gasteiger partial charge on any atom is -0.504 e. The monoisotopic (exact) mass is 233 g/mol. The van der Waals surface area contributed by atoms with Gasteiger partial charge >= 0.3 is 0 Å². The molecule has 0 aliphatic heterocycles. The number of carbonyl (C=O) groups excluding carboxylic acids is 1. The molecular weight excluding hydrogens is 229 g/mol. The van der Waals surface area contributed by atoms with Gasteiger partial charge < -0.3 is 10.8 Å². The van der Waals surface area contributed by atoms with Crippen LogP contribution in [0.1, 0.15) is 10.4 Å². The van der Waals surface area contributed by atoms with Gasteiger partial charge in [-0.3, -0.25) is 4.79 Å². The van der Waals surface area contributed by atoms with Crippen LogP contribution >= 0.6 is 15.9 Å². The summed E-state index contributed by atoms with van der Waals surface area (Å²) >= 11 is 2.96. The maximum absolute atomic E-state index is 12.7. The fourth-order valence-corrected chi connectivity index (χ4v) is 1.18. The molecule has 0 atom stereocenters. The molecule has 0 heterocycles. The summed E-state index contributed by atoms with van der Waals surface area (Å²) in [6.07, 6.45) is 0. The normalized spacial score (nSPS) is 9.83. The number of hydrogen-bond donors (Lipinski definition) is 2. The van der Waals surface area contributed by atoms with Crippen molar-refractivity contribution in [3.05, 3.63) is 28.0 Å². The van der Waals surface area contributed by atoms with Gasteiger partial charge in [0, 0.05) is 4.47 Å². The van der Waals surface area contributed by atoms with Crippen molar-refractivity contribution >= 4 is 21.8 Å². The van der Waals surface area contributed by atoms with E-state index in [0.717, 1.165) is 6.07 Å². The third-order valence-electron chi connectivity index (χ3n) is 1.29. The van der Waals surface area contributed by atoms with Crippen molar-refractivity contribution in [2.45, 2.75) is 0 Å². The van der Waals surface area contributed by atoms with Crippen molar-refractivity contribution in [3.8, 4) is 5.75 Å². The van der Waals surface area contributed by atoms with Crippen LogP contribution < -0.4 is 5.73 Å². The second-order valence-electron chi connectivity index (χ2n) is 2.15. The lowest BCUT2D eigenvalue weighted by Crippen LogP contribution is -2.11. The van der Waals surface area contributed by atoms with Crippen LogP contribution in [0.5, 0.6) is 5.75 Å². The number of benzene rings is 1. The van der Waals surface area contributed by atoms with E-state index in [1.807, 2.05) is 0 Å². The maximum atomic E-state index is 12.7. The first-order chi connectivity index (χ1) is 5.52. The summed E-state index contributed by atoms with van der Waals surface area (Å²) < 4.78 is 13.1. The van der Waals surface area contributed by atoms with Crippen LogP contribution in [0.15, 0.2) is 16.6 Å². The number of primary amides is 1. The van der Waals surface area contributed by atoms with Crippen molar-refractivity contribution in [2.75, 3.05) is 0 Å². The van der Waals surface area contributed by atoms with Crippen LogP contribution in [-0.4, -0.2) is 11.0 Å². The van der Waals surface area contributed by atoms with Gasteiger partial charge in [-0.05, 0) is 12.1 Å². The standard InChI is InChI=1S/C7H5BrFNO2/c8-3-1-4(7(10)12)6(11)5(9)2-3/h1-2,11H,(H2,10,12). The lowest BCUT2D eigenvalue weighted by atomic mass is 10.2. The molecule has 3 nitrogen and oxygen atoms in total. The van der Waals surface area contributed by atoms with Gasteiger partial charge in [0.15, 0.2) is 11.6 Å². The summed E-state index contributed by atoms with van der Waals surface area (Å²) in [6, 6.07) is 2.29. The average molecular weight is 234 g/mol. The van der Waals surface area contributed by atoms with E-state index in [-0.39, 0.29) is 5.56 Å². The number of carbonyl (C=O) groups is 1. The van der Waals surface area contributed by atoms with E-state index < -0.39 is 17.5 Å². The molecule has 0 aromatic heterocycles. The number of nitrogens with two attached hydrogens (primary N) is 1. The van der Waals surface area contributed by atoms with Crippen molar-refractivity contribution in [1.29, 1.82) is 0 Å². The zero-order valence-electron chi connectivity index (χ0n) is 5.84. The minimum absolute atomic E-state index is 0.234. The first kappa shape index (κ1) is 8.99. The molecule has 3 N–H and O–H groups in total. The van der Waals surface area contributed by atoms with Crippen LogP contribution in [0, 0.1) is 5.82 Å². The van der Waals surface area contributed by atoms with E-state index in [1.54, 1.807) is 0 Å². The third kappa shape index (κ3) is 1.55. The Morgan fingerprint density at radius 3 is 2.67 bits per heavy atom. The lowest BCUT2D eigenvalue weighted by Gasteiger charge is -2.01. The smallest absolute Gasteiger partial charge is 0.252 e. The highest BCUT2D eigenvalue weighted by atomic mass is 79.9. The van der Waals surface area contributed by atoms with Gasteiger partial charge in [0.25, 0.3) is 5.91 Å². The highest BCUT2D eigenvalue weighted by Gasteiger charge is 2.12. The Bertz CT molecular complexity index is 340. The molecule has 0 unspecified atom stereocenters. The molecule has 1 rings (SSSR count). The molecule has 0 saturated carbocycles. The molecule has 1 aromatic carbocycles. The Kier molecular flexibility index (Phi) is 2.32. The van der Waals surface area contributed by atoms with Crippen LogP contribution in [0.25, 0.3) is 0 Å². The Hall–Kier alpha value is -1.10. The molecule has 1 amide bonds.